The molecule has 0 radical (unpaired) electrons. The molecule has 0 aliphatic heterocycles. The van der Waals surface area contributed by atoms with Crippen molar-refractivity contribution in [2.45, 2.75) is 17.2 Å². The lowest BCUT2D eigenvalue weighted by molar-refractivity contribution is -0.705. The Bertz CT molecular complexity index is 958. The Hall–Kier alpha value is -3.20. The van der Waals surface area contributed by atoms with Crippen LogP contribution in [0.1, 0.15) is 6.92 Å². The van der Waals surface area contributed by atoms with Crippen LogP contribution in [0.3, 0.4) is 0 Å². The number of nitrogens with zero attached hydrogens (tertiary/aromatic N) is 2. The number of ether oxygens (including phenoxy) is 2. The van der Waals surface area contributed by atoms with Gasteiger partial charge in [0.25, 0.3) is 5.03 Å². The molecule has 8 nitrogen and oxygen atoms in total. The lowest BCUT2D eigenvalue weighted by Gasteiger charge is -2.11. The normalized spacial score (nSPS) is 11.7. The van der Waals surface area contributed by atoms with E-state index in [2.05, 4.69) is 10.6 Å². The topological polar surface area (TPSA) is 101 Å². The molecule has 1 amide bonds. The molecular formula is C19H19N3O5S. The van der Waals surface area contributed by atoms with Crippen LogP contribution in [0.5, 0.6) is 17.4 Å². The molecule has 9 heteroatoms. The van der Waals surface area contributed by atoms with Gasteiger partial charge in [-0.05, 0) is 47.6 Å². The van der Waals surface area contributed by atoms with Gasteiger partial charge >= 0.3 is 0 Å². The van der Waals surface area contributed by atoms with Gasteiger partial charge in [-0.2, -0.15) is 0 Å². The number of hydrogen-bond acceptors (Lipinski definition) is 7. The fourth-order valence-electron chi connectivity index (χ4n) is 2.39. The van der Waals surface area contributed by atoms with Crippen LogP contribution < -0.4 is 24.6 Å². The van der Waals surface area contributed by atoms with Crippen molar-refractivity contribution in [1.82, 2.24) is 5.27 Å². The predicted molar refractivity (Wildman–Crippen MR) is 101 cm³/mol. The monoisotopic (exact) mass is 401 g/mol. The second-order valence-electron chi connectivity index (χ2n) is 5.76. The number of thioether (sulfide) groups is 1. The van der Waals surface area contributed by atoms with Gasteiger partial charge in [0.2, 0.25) is 11.6 Å². The van der Waals surface area contributed by atoms with Gasteiger partial charge in [0.15, 0.2) is 5.95 Å². The predicted octanol–water partition coefficient (Wildman–Crippen LogP) is 2.16. The maximum absolute atomic E-state index is 12.5. The van der Waals surface area contributed by atoms with Gasteiger partial charge in [-0.1, -0.05) is 6.07 Å². The number of carbonyl (C=O) groups excluding carboxylic acids is 1. The van der Waals surface area contributed by atoms with Crippen molar-refractivity contribution in [2.24, 2.45) is 0 Å². The molecule has 1 unspecified atom stereocenters. The fraction of sp³-hybridized carbons (Fsp3) is 0.211. The second kappa shape index (κ2) is 8.66. The molecule has 1 N–H and O–H groups in total. The van der Waals surface area contributed by atoms with Crippen LogP contribution in [0.2, 0.25) is 0 Å². The van der Waals surface area contributed by atoms with E-state index in [1.54, 1.807) is 69.7 Å². The van der Waals surface area contributed by atoms with E-state index in [4.69, 9.17) is 14.0 Å². The highest BCUT2D eigenvalue weighted by Gasteiger charge is 2.26. The molecule has 0 saturated heterocycles. The summed E-state index contributed by atoms with van der Waals surface area (Å²) in [6, 6.07) is 14.0. The van der Waals surface area contributed by atoms with Crippen LogP contribution in [-0.4, -0.2) is 30.6 Å². The number of aromatic nitrogens is 2. The zero-order valence-corrected chi connectivity index (χ0v) is 16.4. The molecule has 0 aliphatic rings. The van der Waals surface area contributed by atoms with E-state index in [-0.39, 0.29) is 10.9 Å². The van der Waals surface area contributed by atoms with Gasteiger partial charge < -0.3 is 24.4 Å². The molecule has 0 saturated carbocycles. The number of amides is 1. The number of benzene rings is 2. The van der Waals surface area contributed by atoms with E-state index in [1.165, 1.54) is 4.68 Å². The molecule has 28 heavy (non-hydrogen) atoms. The highest BCUT2D eigenvalue weighted by atomic mass is 32.2. The zero-order valence-electron chi connectivity index (χ0n) is 15.5. The lowest BCUT2D eigenvalue weighted by atomic mass is 10.3. The molecule has 0 spiro atoms. The second-order valence-corrected chi connectivity index (χ2v) is 7.09. The molecule has 3 rings (SSSR count). The molecule has 1 aromatic heterocycles. The highest BCUT2D eigenvalue weighted by molar-refractivity contribution is 8.00. The van der Waals surface area contributed by atoms with Crippen LogP contribution in [-0.2, 0) is 4.79 Å². The molecular weight excluding hydrogens is 382 g/mol. The summed E-state index contributed by atoms with van der Waals surface area (Å²) in [5, 5.41) is 18.3. The van der Waals surface area contributed by atoms with E-state index in [0.717, 1.165) is 11.8 Å². The van der Waals surface area contributed by atoms with Crippen molar-refractivity contribution in [3.8, 4) is 23.1 Å². The maximum Gasteiger partial charge on any atom is 0.298 e. The Kier molecular flexibility index (Phi) is 6.05. The van der Waals surface area contributed by atoms with E-state index >= 15 is 0 Å². The Morgan fingerprint density at radius 1 is 1.18 bits per heavy atom. The van der Waals surface area contributed by atoms with Crippen LogP contribution in [0.4, 0.5) is 5.69 Å². The van der Waals surface area contributed by atoms with E-state index in [9.17, 15) is 9.90 Å². The number of anilines is 1. The average molecular weight is 401 g/mol. The molecule has 0 bridgehead atoms. The number of hydrogen-bond donors (Lipinski definition) is 1. The highest BCUT2D eigenvalue weighted by Crippen LogP contribution is 2.28. The summed E-state index contributed by atoms with van der Waals surface area (Å²) >= 11 is 1.07. The van der Waals surface area contributed by atoms with Gasteiger partial charge in [-0.3, -0.25) is 4.79 Å². The van der Waals surface area contributed by atoms with Gasteiger partial charge in [0.1, 0.15) is 11.5 Å². The van der Waals surface area contributed by atoms with Crippen LogP contribution in [0, 0.1) is 0 Å². The minimum atomic E-state index is -0.609. The van der Waals surface area contributed by atoms with Gasteiger partial charge in [-0.25, -0.2) is 0 Å². The number of methoxy groups -OCH3 is 2. The first-order chi connectivity index (χ1) is 13.5. The Morgan fingerprint density at radius 2 is 1.89 bits per heavy atom. The average Bonchev–Trinajstić information content (AvgIpc) is 3.08. The third-order valence-corrected chi connectivity index (χ3v) is 5.01. The fourth-order valence-corrected chi connectivity index (χ4v) is 3.26. The molecule has 146 valence electrons. The quantitative estimate of drug-likeness (QED) is 0.478. The molecule has 0 fully saturated rings. The minimum absolute atomic E-state index is 0.207. The minimum Gasteiger partial charge on any atom is -0.538 e. The molecule has 0 aliphatic carbocycles. The molecule has 2 aromatic carbocycles. The van der Waals surface area contributed by atoms with Gasteiger partial charge in [0.05, 0.1) is 24.7 Å². The Labute approximate surface area is 166 Å². The summed E-state index contributed by atoms with van der Waals surface area (Å²) in [5.41, 5.74) is 1.22. The summed E-state index contributed by atoms with van der Waals surface area (Å²) in [5.74, 6) is 0.439. The molecule has 3 aromatic rings. The van der Waals surface area contributed by atoms with Crippen molar-refractivity contribution in [1.29, 1.82) is 0 Å². The van der Waals surface area contributed by atoms with Crippen molar-refractivity contribution in [3.05, 3.63) is 48.5 Å². The van der Waals surface area contributed by atoms with Crippen molar-refractivity contribution < 1.29 is 28.6 Å². The summed E-state index contributed by atoms with van der Waals surface area (Å²) in [7, 11) is 3.12. The van der Waals surface area contributed by atoms with Crippen molar-refractivity contribution >= 4 is 23.4 Å². The number of rotatable bonds is 7. The largest absolute Gasteiger partial charge is 0.538 e. The van der Waals surface area contributed by atoms with Gasteiger partial charge in [-0.15, -0.1) is 0 Å². The first kappa shape index (κ1) is 19.6. The Morgan fingerprint density at radius 3 is 2.57 bits per heavy atom. The smallest absolute Gasteiger partial charge is 0.298 e. The Balaban J connectivity index is 1.75. The van der Waals surface area contributed by atoms with Crippen molar-refractivity contribution in [2.75, 3.05) is 19.5 Å². The van der Waals surface area contributed by atoms with Crippen molar-refractivity contribution in [3.63, 3.8) is 0 Å². The van der Waals surface area contributed by atoms with E-state index in [1.807, 2.05) is 0 Å². The number of nitrogens with one attached hydrogen (secondary N) is 1. The van der Waals surface area contributed by atoms with Crippen LogP contribution in [0.25, 0.3) is 5.69 Å². The van der Waals surface area contributed by atoms with E-state index < -0.39 is 11.2 Å². The number of carbonyl (C=O) groups is 1. The lowest BCUT2D eigenvalue weighted by Crippen LogP contribution is -2.36. The van der Waals surface area contributed by atoms with Gasteiger partial charge in [0, 0.05) is 23.9 Å². The van der Waals surface area contributed by atoms with E-state index in [0.29, 0.717) is 22.9 Å². The molecule has 1 atom stereocenters. The summed E-state index contributed by atoms with van der Waals surface area (Å²) in [6.45, 7) is 1.70. The van der Waals surface area contributed by atoms with Crippen LogP contribution >= 0.6 is 11.8 Å². The maximum atomic E-state index is 12.5. The molecule has 1 heterocycles. The third-order valence-electron chi connectivity index (χ3n) is 3.88. The standard InChI is InChI=1S/C19H19N3O5S/c1-12(17(23)20-13-5-4-6-16(11-13)26-3)28-18-19(24)27-21-22(18)14-7-9-15(25-2)10-8-14/h4-12H,1-3H3,(H-,20,21,23,24). The summed E-state index contributed by atoms with van der Waals surface area (Å²) in [6.07, 6.45) is 0. The zero-order chi connectivity index (χ0) is 20.1. The summed E-state index contributed by atoms with van der Waals surface area (Å²) in [4.78, 5) is 12.5. The first-order valence-corrected chi connectivity index (χ1v) is 9.25. The first-order valence-electron chi connectivity index (χ1n) is 8.37. The van der Waals surface area contributed by atoms with Crippen LogP contribution in [0.15, 0.2) is 58.1 Å². The third kappa shape index (κ3) is 4.37. The summed E-state index contributed by atoms with van der Waals surface area (Å²) < 4.78 is 16.4. The SMILES string of the molecule is COc1ccc(-[n+]2noc([O-])c2SC(C)C(=O)Nc2cccc(OC)c2)cc1.